The second-order valence-corrected chi connectivity index (χ2v) is 7.71. The van der Waals surface area contributed by atoms with Crippen molar-refractivity contribution in [2.75, 3.05) is 40.4 Å². The van der Waals surface area contributed by atoms with E-state index in [9.17, 15) is 9.59 Å². The molecule has 1 aliphatic rings. The standard InChI is InChI=1S/C25H28N2O5/c1-5-26(6-2)13-14-27-22(16-11-12-19(30-3)20(15-16)31-4)21-23(28)17-9-7-8-10-18(17)32-24(21)25(27)29/h7-12,15,22H,5-6,13-14H2,1-4H3. The zero-order valence-corrected chi connectivity index (χ0v) is 18.9. The van der Waals surface area contributed by atoms with Crippen molar-refractivity contribution in [2.45, 2.75) is 19.9 Å². The fraction of sp³-hybridized carbons (Fsp3) is 0.360. The number of benzene rings is 2. The van der Waals surface area contributed by atoms with E-state index in [2.05, 4.69) is 18.7 Å². The molecule has 1 amide bonds. The zero-order valence-electron chi connectivity index (χ0n) is 18.9. The summed E-state index contributed by atoms with van der Waals surface area (Å²) in [6, 6.07) is 12.0. The van der Waals surface area contributed by atoms with Crippen LogP contribution in [0.1, 0.15) is 41.6 Å². The SMILES string of the molecule is CCN(CC)CCN1C(=O)c2oc3ccccc3c(=O)c2C1c1ccc(OC)c(OC)c1. The normalized spacial score (nSPS) is 15.5. The summed E-state index contributed by atoms with van der Waals surface area (Å²) in [6.07, 6.45) is 0. The summed E-state index contributed by atoms with van der Waals surface area (Å²) < 4.78 is 16.8. The summed E-state index contributed by atoms with van der Waals surface area (Å²) in [6.45, 7) is 7.12. The van der Waals surface area contributed by atoms with Crippen molar-refractivity contribution in [3.8, 4) is 11.5 Å². The molecule has 32 heavy (non-hydrogen) atoms. The lowest BCUT2D eigenvalue weighted by molar-refractivity contribution is 0.0708. The molecule has 1 aliphatic heterocycles. The van der Waals surface area contributed by atoms with E-state index in [0.29, 0.717) is 41.1 Å². The van der Waals surface area contributed by atoms with E-state index < -0.39 is 6.04 Å². The number of rotatable bonds is 8. The van der Waals surface area contributed by atoms with Crippen LogP contribution in [0, 0.1) is 0 Å². The lowest BCUT2D eigenvalue weighted by atomic mass is 9.98. The molecule has 0 saturated carbocycles. The van der Waals surface area contributed by atoms with Crippen molar-refractivity contribution >= 4 is 16.9 Å². The highest BCUT2D eigenvalue weighted by Crippen LogP contribution is 2.40. The van der Waals surface area contributed by atoms with Crippen molar-refractivity contribution < 1.29 is 18.7 Å². The van der Waals surface area contributed by atoms with Crippen LogP contribution in [0.4, 0.5) is 0 Å². The van der Waals surface area contributed by atoms with Gasteiger partial charge < -0.3 is 23.7 Å². The Morgan fingerprint density at radius 1 is 1.00 bits per heavy atom. The van der Waals surface area contributed by atoms with Crippen LogP contribution in [0.15, 0.2) is 51.7 Å². The van der Waals surface area contributed by atoms with Crippen LogP contribution in [0.25, 0.3) is 11.0 Å². The number of para-hydroxylation sites is 1. The molecule has 7 nitrogen and oxygen atoms in total. The summed E-state index contributed by atoms with van der Waals surface area (Å²) >= 11 is 0. The lowest BCUT2D eigenvalue weighted by Gasteiger charge is -2.28. The highest BCUT2D eigenvalue weighted by molar-refractivity contribution is 5.99. The predicted octanol–water partition coefficient (Wildman–Crippen LogP) is 3.70. The monoisotopic (exact) mass is 436 g/mol. The van der Waals surface area contributed by atoms with Gasteiger partial charge in [-0.15, -0.1) is 0 Å². The van der Waals surface area contributed by atoms with Gasteiger partial charge in [-0.1, -0.05) is 32.0 Å². The number of hydrogen-bond donors (Lipinski definition) is 0. The quantitative estimate of drug-likeness (QED) is 0.536. The molecule has 4 rings (SSSR count). The largest absolute Gasteiger partial charge is 0.493 e. The minimum Gasteiger partial charge on any atom is -0.493 e. The van der Waals surface area contributed by atoms with Crippen molar-refractivity contribution in [2.24, 2.45) is 0 Å². The fourth-order valence-electron chi connectivity index (χ4n) is 4.36. The molecule has 1 atom stereocenters. The van der Waals surface area contributed by atoms with E-state index in [4.69, 9.17) is 13.9 Å². The van der Waals surface area contributed by atoms with E-state index >= 15 is 0 Å². The van der Waals surface area contributed by atoms with Crippen molar-refractivity contribution in [1.29, 1.82) is 0 Å². The van der Waals surface area contributed by atoms with Crippen molar-refractivity contribution in [1.82, 2.24) is 9.80 Å². The third-order valence-electron chi connectivity index (χ3n) is 6.15. The minimum absolute atomic E-state index is 0.119. The van der Waals surface area contributed by atoms with Gasteiger partial charge in [0.2, 0.25) is 5.76 Å². The molecule has 0 spiro atoms. The highest BCUT2D eigenvalue weighted by Gasteiger charge is 2.42. The van der Waals surface area contributed by atoms with Gasteiger partial charge in [0, 0.05) is 13.1 Å². The average Bonchev–Trinajstić information content (AvgIpc) is 3.11. The van der Waals surface area contributed by atoms with Crippen LogP contribution in [0.2, 0.25) is 0 Å². The van der Waals surface area contributed by atoms with E-state index in [1.165, 1.54) is 0 Å². The molecule has 1 unspecified atom stereocenters. The van der Waals surface area contributed by atoms with Gasteiger partial charge in [0.25, 0.3) is 5.91 Å². The number of likely N-dealkylation sites (N-methyl/N-ethyl adjacent to an activating group) is 1. The summed E-state index contributed by atoms with van der Waals surface area (Å²) in [5, 5.41) is 0.468. The number of amides is 1. The number of carbonyl (C=O) groups is 1. The molecule has 0 bridgehead atoms. The van der Waals surface area contributed by atoms with Crippen LogP contribution in [0.5, 0.6) is 11.5 Å². The Bertz CT molecular complexity index is 1200. The number of ether oxygens (including phenoxy) is 2. The van der Waals surface area contributed by atoms with Crippen LogP contribution in [0.3, 0.4) is 0 Å². The Kier molecular flexibility index (Phi) is 6.19. The van der Waals surface area contributed by atoms with Crippen molar-refractivity contribution in [3.05, 3.63) is 69.6 Å². The second-order valence-electron chi connectivity index (χ2n) is 7.71. The number of carbonyl (C=O) groups excluding carboxylic acids is 1. The Balaban J connectivity index is 1.88. The molecule has 2 heterocycles. The first-order chi connectivity index (χ1) is 15.5. The smallest absolute Gasteiger partial charge is 0.290 e. The maximum atomic E-state index is 13.5. The Morgan fingerprint density at radius 2 is 1.72 bits per heavy atom. The molecule has 3 aromatic rings. The van der Waals surface area contributed by atoms with E-state index in [0.717, 1.165) is 18.7 Å². The Morgan fingerprint density at radius 3 is 2.41 bits per heavy atom. The topological polar surface area (TPSA) is 72.2 Å². The molecule has 0 N–H and O–H groups in total. The summed E-state index contributed by atoms with van der Waals surface area (Å²) in [4.78, 5) is 31.0. The van der Waals surface area contributed by atoms with Crippen LogP contribution in [-0.2, 0) is 0 Å². The summed E-state index contributed by atoms with van der Waals surface area (Å²) in [5.74, 6) is 0.976. The van der Waals surface area contributed by atoms with Crippen molar-refractivity contribution in [3.63, 3.8) is 0 Å². The molecule has 1 aromatic heterocycles. The second kappa shape index (κ2) is 9.04. The molecule has 7 heteroatoms. The zero-order chi connectivity index (χ0) is 22.8. The molecule has 168 valence electrons. The first-order valence-corrected chi connectivity index (χ1v) is 10.8. The molecule has 0 saturated heterocycles. The molecule has 0 aliphatic carbocycles. The first-order valence-electron chi connectivity index (χ1n) is 10.8. The summed E-state index contributed by atoms with van der Waals surface area (Å²) in [7, 11) is 3.14. The van der Waals surface area contributed by atoms with Gasteiger partial charge in [-0.25, -0.2) is 0 Å². The molecular weight excluding hydrogens is 408 g/mol. The third-order valence-corrected chi connectivity index (χ3v) is 6.15. The molecule has 0 radical (unpaired) electrons. The van der Waals surface area contributed by atoms with Gasteiger partial charge in [0.15, 0.2) is 16.9 Å². The van der Waals surface area contributed by atoms with Gasteiger partial charge in [-0.05, 0) is 42.9 Å². The highest BCUT2D eigenvalue weighted by atomic mass is 16.5. The maximum Gasteiger partial charge on any atom is 0.290 e. The fourth-order valence-corrected chi connectivity index (χ4v) is 4.36. The third kappa shape index (κ3) is 3.62. The van der Waals surface area contributed by atoms with Crippen LogP contribution in [-0.4, -0.2) is 56.1 Å². The van der Waals surface area contributed by atoms with Gasteiger partial charge in [0.05, 0.1) is 31.2 Å². The van der Waals surface area contributed by atoms with Gasteiger partial charge in [0.1, 0.15) is 5.58 Å². The minimum atomic E-state index is -0.561. The van der Waals surface area contributed by atoms with Crippen LogP contribution < -0.4 is 14.9 Å². The van der Waals surface area contributed by atoms with E-state index in [1.807, 2.05) is 12.1 Å². The number of methoxy groups -OCH3 is 2. The maximum absolute atomic E-state index is 13.5. The number of hydrogen-bond acceptors (Lipinski definition) is 6. The van der Waals surface area contributed by atoms with Gasteiger partial charge >= 0.3 is 0 Å². The Labute approximate surface area is 187 Å². The molecule has 2 aromatic carbocycles. The summed E-state index contributed by atoms with van der Waals surface area (Å²) in [5.41, 5.74) is 1.39. The van der Waals surface area contributed by atoms with Gasteiger partial charge in [-0.2, -0.15) is 0 Å². The van der Waals surface area contributed by atoms with Gasteiger partial charge in [-0.3, -0.25) is 9.59 Å². The first kappa shape index (κ1) is 21.9. The van der Waals surface area contributed by atoms with E-state index in [1.54, 1.807) is 49.5 Å². The number of fused-ring (bicyclic) bond motifs is 2. The number of nitrogens with zero attached hydrogens (tertiary/aromatic N) is 2. The Hall–Kier alpha value is -3.32. The predicted molar refractivity (Wildman–Crippen MR) is 123 cm³/mol. The average molecular weight is 437 g/mol. The molecule has 0 fully saturated rings. The molecular formula is C25H28N2O5. The lowest BCUT2D eigenvalue weighted by Crippen LogP contribution is -2.37. The van der Waals surface area contributed by atoms with E-state index in [-0.39, 0.29) is 17.1 Å². The van der Waals surface area contributed by atoms with Crippen LogP contribution >= 0.6 is 0 Å².